The molecule has 2 N–H and O–H groups in total. The van der Waals surface area contributed by atoms with E-state index >= 15 is 0 Å². The highest BCUT2D eigenvalue weighted by atomic mass is 16.5. The van der Waals surface area contributed by atoms with Crippen molar-refractivity contribution in [2.24, 2.45) is 0 Å². The fraction of sp³-hybridized carbons (Fsp3) is 0.0870. The minimum atomic E-state index is -0.306. The third kappa shape index (κ3) is 3.55. The minimum absolute atomic E-state index is 0.00256. The van der Waals surface area contributed by atoms with E-state index < -0.39 is 0 Å². The largest absolute Gasteiger partial charge is 0.507 e. The molecular formula is C23H19NO3. The van der Waals surface area contributed by atoms with Gasteiger partial charge in [0.25, 0.3) is 5.56 Å². The van der Waals surface area contributed by atoms with Gasteiger partial charge in [-0.05, 0) is 23.3 Å². The Morgan fingerprint density at radius 1 is 0.815 bits per heavy atom. The minimum Gasteiger partial charge on any atom is -0.507 e. The first-order valence-electron chi connectivity index (χ1n) is 8.80. The topological polar surface area (TPSA) is 62.3 Å². The van der Waals surface area contributed by atoms with Crippen LogP contribution >= 0.6 is 0 Å². The summed E-state index contributed by atoms with van der Waals surface area (Å²) >= 11 is 0. The van der Waals surface area contributed by atoms with Gasteiger partial charge in [-0.25, -0.2) is 0 Å². The number of aromatic amines is 1. The lowest BCUT2D eigenvalue weighted by molar-refractivity contribution is 0.309. The molecule has 4 heteroatoms. The Morgan fingerprint density at radius 2 is 1.48 bits per heavy atom. The van der Waals surface area contributed by atoms with Crippen molar-refractivity contribution in [3.8, 4) is 11.5 Å². The molecule has 4 rings (SSSR count). The van der Waals surface area contributed by atoms with E-state index in [9.17, 15) is 9.90 Å². The molecule has 0 aliphatic carbocycles. The lowest BCUT2D eigenvalue weighted by atomic mass is 10.0. The third-order valence-corrected chi connectivity index (χ3v) is 4.54. The number of aromatic nitrogens is 1. The molecule has 4 aromatic rings. The molecule has 1 aromatic heterocycles. The number of nitrogens with one attached hydrogen (secondary N) is 1. The molecule has 0 fully saturated rings. The Morgan fingerprint density at radius 3 is 2.19 bits per heavy atom. The molecule has 0 unspecified atom stereocenters. The van der Waals surface area contributed by atoms with E-state index in [1.165, 1.54) is 0 Å². The molecular weight excluding hydrogens is 338 g/mol. The maximum absolute atomic E-state index is 12.6. The van der Waals surface area contributed by atoms with Crippen LogP contribution in [0.5, 0.6) is 11.5 Å². The number of hydrogen-bond donors (Lipinski definition) is 2. The number of hydrogen-bond acceptors (Lipinski definition) is 3. The number of H-pyrrole nitrogens is 1. The third-order valence-electron chi connectivity index (χ3n) is 4.54. The number of ether oxygens (including phenoxy) is 1. The van der Waals surface area contributed by atoms with Crippen molar-refractivity contribution in [2.45, 2.75) is 13.0 Å². The summed E-state index contributed by atoms with van der Waals surface area (Å²) in [5, 5.41) is 11.3. The van der Waals surface area contributed by atoms with Crippen molar-refractivity contribution < 1.29 is 9.84 Å². The van der Waals surface area contributed by atoms with E-state index in [0.717, 1.165) is 11.1 Å². The molecule has 134 valence electrons. The fourth-order valence-corrected chi connectivity index (χ4v) is 3.14. The summed E-state index contributed by atoms with van der Waals surface area (Å²) in [6, 6.07) is 24.8. The van der Waals surface area contributed by atoms with Gasteiger partial charge in [-0.15, -0.1) is 0 Å². The predicted molar refractivity (Wildman–Crippen MR) is 106 cm³/mol. The van der Waals surface area contributed by atoms with Crippen LogP contribution in [-0.4, -0.2) is 10.1 Å². The lowest BCUT2D eigenvalue weighted by Crippen LogP contribution is -2.14. The average molecular weight is 357 g/mol. The molecule has 0 saturated heterocycles. The molecule has 0 aliphatic heterocycles. The van der Waals surface area contributed by atoms with Crippen molar-refractivity contribution in [2.75, 3.05) is 0 Å². The van der Waals surface area contributed by atoms with E-state index in [1.807, 2.05) is 66.7 Å². The highest BCUT2D eigenvalue weighted by Gasteiger charge is 2.15. The van der Waals surface area contributed by atoms with Crippen LogP contribution in [0.3, 0.4) is 0 Å². The molecule has 3 aromatic carbocycles. The average Bonchev–Trinajstić information content (AvgIpc) is 2.71. The summed E-state index contributed by atoms with van der Waals surface area (Å²) in [6.45, 7) is 0.383. The maximum Gasteiger partial charge on any atom is 0.255 e. The number of para-hydroxylation sites is 1. The second-order valence-corrected chi connectivity index (χ2v) is 6.40. The van der Waals surface area contributed by atoms with Gasteiger partial charge in [-0.2, -0.15) is 0 Å². The van der Waals surface area contributed by atoms with Crippen molar-refractivity contribution in [1.29, 1.82) is 0 Å². The number of pyridine rings is 1. The van der Waals surface area contributed by atoms with Crippen LogP contribution in [0.1, 0.15) is 16.7 Å². The summed E-state index contributed by atoms with van der Waals surface area (Å²) in [4.78, 5) is 15.5. The van der Waals surface area contributed by atoms with Crippen molar-refractivity contribution in [3.63, 3.8) is 0 Å². The van der Waals surface area contributed by atoms with Crippen molar-refractivity contribution >= 4 is 10.9 Å². The van der Waals surface area contributed by atoms with Crippen molar-refractivity contribution in [3.05, 3.63) is 106 Å². The number of benzene rings is 3. The normalized spacial score (nSPS) is 10.8. The van der Waals surface area contributed by atoms with Gasteiger partial charge in [0, 0.05) is 11.8 Å². The Hall–Kier alpha value is -3.53. The molecule has 0 bridgehead atoms. The quantitative estimate of drug-likeness (QED) is 0.556. The van der Waals surface area contributed by atoms with E-state index in [-0.39, 0.29) is 11.3 Å². The van der Waals surface area contributed by atoms with Crippen LogP contribution in [0.25, 0.3) is 10.9 Å². The fourth-order valence-electron chi connectivity index (χ4n) is 3.14. The van der Waals surface area contributed by atoms with Crippen molar-refractivity contribution in [1.82, 2.24) is 4.98 Å². The Bertz CT molecular complexity index is 1120. The van der Waals surface area contributed by atoms with Gasteiger partial charge in [-0.1, -0.05) is 66.7 Å². The molecule has 0 spiro atoms. The number of aromatic hydroxyl groups is 1. The maximum atomic E-state index is 12.6. The van der Waals surface area contributed by atoms with Gasteiger partial charge in [-0.3, -0.25) is 4.79 Å². The zero-order valence-corrected chi connectivity index (χ0v) is 14.7. The highest BCUT2D eigenvalue weighted by Crippen LogP contribution is 2.32. The Balaban J connectivity index is 1.70. The molecule has 27 heavy (non-hydrogen) atoms. The first kappa shape index (κ1) is 16.9. The van der Waals surface area contributed by atoms with Crippen LogP contribution in [0.2, 0.25) is 0 Å². The van der Waals surface area contributed by atoms with Crippen LogP contribution in [0.15, 0.2) is 83.7 Å². The monoisotopic (exact) mass is 357 g/mol. The molecule has 0 radical (unpaired) electrons. The second-order valence-electron chi connectivity index (χ2n) is 6.40. The molecule has 0 saturated carbocycles. The summed E-state index contributed by atoms with van der Waals surface area (Å²) in [5.74, 6) is 0.540. The molecule has 1 heterocycles. The lowest BCUT2D eigenvalue weighted by Gasteiger charge is -2.12. The smallest absolute Gasteiger partial charge is 0.255 e. The zero-order chi connectivity index (χ0) is 18.6. The van der Waals surface area contributed by atoms with Gasteiger partial charge in [0.05, 0.1) is 11.1 Å². The molecule has 0 atom stereocenters. The second kappa shape index (κ2) is 7.38. The predicted octanol–water partition coefficient (Wildman–Crippen LogP) is 4.40. The molecule has 0 amide bonds. The first-order valence-corrected chi connectivity index (χ1v) is 8.80. The summed E-state index contributed by atoms with van der Waals surface area (Å²) in [5.41, 5.74) is 2.55. The van der Waals surface area contributed by atoms with Gasteiger partial charge in [0.1, 0.15) is 18.1 Å². The van der Waals surface area contributed by atoms with Gasteiger partial charge < -0.3 is 14.8 Å². The standard InChI is InChI=1S/C23H19NO3/c25-22-18-12-7-13-20(27-15-17-10-5-2-6-11-17)21(18)24-23(26)19(22)14-16-8-3-1-4-9-16/h1-13H,14-15H2,(H2,24,25,26). The molecule has 4 nitrogen and oxygen atoms in total. The summed E-state index contributed by atoms with van der Waals surface area (Å²) in [6.07, 6.45) is 0.368. The van der Waals surface area contributed by atoms with Crippen LogP contribution in [-0.2, 0) is 13.0 Å². The Labute approximate surface area is 156 Å². The highest BCUT2D eigenvalue weighted by molar-refractivity contribution is 5.90. The number of rotatable bonds is 5. The SMILES string of the molecule is O=c1[nH]c2c(OCc3ccccc3)cccc2c(O)c1Cc1ccccc1. The van der Waals surface area contributed by atoms with E-state index in [0.29, 0.717) is 35.2 Å². The van der Waals surface area contributed by atoms with Crippen LogP contribution in [0.4, 0.5) is 0 Å². The van der Waals surface area contributed by atoms with Gasteiger partial charge in [0.2, 0.25) is 0 Å². The van der Waals surface area contributed by atoms with Crippen LogP contribution < -0.4 is 10.3 Å². The van der Waals surface area contributed by atoms with E-state index in [1.54, 1.807) is 12.1 Å². The molecule has 0 aliphatic rings. The summed E-state index contributed by atoms with van der Waals surface area (Å²) < 4.78 is 5.89. The van der Waals surface area contributed by atoms with Gasteiger partial charge in [0.15, 0.2) is 0 Å². The number of fused-ring (bicyclic) bond motifs is 1. The first-order chi connectivity index (χ1) is 13.2. The van der Waals surface area contributed by atoms with Crippen LogP contribution in [0, 0.1) is 0 Å². The van der Waals surface area contributed by atoms with E-state index in [2.05, 4.69) is 4.98 Å². The van der Waals surface area contributed by atoms with E-state index in [4.69, 9.17) is 4.74 Å². The zero-order valence-electron chi connectivity index (χ0n) is 14.7. The Kier molecular flexibility index (Phi) is 4.62. The summed E-state index contributed by atoms with van der Waals surface area (Å²) in [7, 11) is 0. The van der Waals surface area contributed by atoms with Gasteiger partial charge >= 0.3 is 0 Å².